The van der Waals surface area contributed by atoms with E-state index < -0.39 is 5.97 Å². The van der Waals surface area contributed by atoms with Gasteiger partial charge in [-0.05, 0) is 43.4 Å². The Kier molecular flexibility index (Phi) is 9.16. The van der Waals surface area contributed by atoms with Gasteiger partial charge >= 0.3 is 5.97 Å². The van der Waals surface area contributed by atoms with Crippen molar-refractivity contribution in [3.05, 3.63) is 46.1 Å². The number of carbonyl (C=O) groups is 1. The summed E-state index contributed by atoms with van der Waals surface area (Å²) in [5.41, 5.74) is 0.612. The summed E-state index contributed by atoms with van der Waals surface area (Å²) in [6.07, 6.45) is 0. The third kappa shape index (κ3) is 6.72. The number of esters is 1. The lowest BCUT2D eigenvalue weighted by atomic mass is 9.94. The highest BCUT2D eigenvalue weighted by molar-refractivity contribution is 6.42. The van der Waals surface area contributed by atoms with Crippen molar-refractivity contribution in [3.63, 3.8) is 0 Å². The van der Waals surface area contributed by atoms with Crippen LogP contribution in [0.2, 0.25) is 10.0 Å². The van der Waals surface area contributed by atoms with Gasteiger partial charge in [0, 0.05) is 17.5 Å². The van der Waals surface area contributed by atoms with Gasteiger partial charge in [-0.3, -0.25) is 0 Å². The molecule has 0 bridgehead atoms. The van der Waals surface area contributed by atoms with E-state index in [1.54, 1.807) is 30.3 Å². The molecule has 27 heavy (non-hydrogen) atoms. The zero-order valence-corrected chi connectivity index (χ0v) is 18.4. The minimum Gasteiger partial charge on any atom is -0.459 e. The first-order valence-electron chi connectivity index (χ1n) is 8.70. The van der Waals surface area contributed by atoms with Gasteiger partial charge in [-0.1, -0.05) is 50.9 Å². The molecule has 0 aliphatic heterocycles. The van der Waals surface area contributed by atoms with Crippen LogP contribution in [0.1, 0.15) is 38.2 Å². The number of hydrogen-bond acceptors (Lipinski definition) is 4. The lowest BCUT2D eigenvalue weighted by Crippen LogP contribution is -2.37. The number of ether oxygens (including phenoxy) is 1. The van der Waals surface area contributed by atoms with Crippen molar-refractivity contribution in [2.45, 2.75) is 27.7 Å². The normalized spacial score (nSPS) is 11.4. The smallest absolute Gasteiger partial charge is 0.374 e. The van der Waals surface area contributed by atoms with Crippen LogP contribution in [0.5, 0.6) is 0 Å². The Bertz CT molecular complexity index is 755. The van der Waals surface area contributed by atoms with Crippen LogP contribution in [0.25, 0.3) is 11.3 Å². The van der Waals surface area contributed by atoms with Crippen LogP contribution in [-0.4, -0.2) is 37.1 Å². The summed E-state index contributed by atoms with van der Waals surface area (Å²) in [4.78, 5) is 14.6. The molecular weight excluding hydrogens is 409 g/mol. The van der Waals surface area contributed by atoms with Crippen molar-refractivity contribution in [2.24, 2.45) is 5.41 Å². The predicted molar refractivity (Wildman–Crippen MR) is 113 cm³/mol. The maximum atomic E-state index is 12.3. The summed E-state index contributed by atoms with van der Waals surface area (Å²) >= 11 is 12.0. The van der Waals surface area contributed by atoms with Crippen molar-refractivity contribution in [1.82, 2.24) is 4.90 Å². The van der Waals surface area contributed by atoms with Gasteiger partial charge in [0.2, 0.25) is 5.76 Å². The molecule has 0 amide bonds. The van der Waals surface area contributed by atoms with E-state index in [9.17, 15) is 4.79 Å². The number of benzene rings is 1. The van der Waals surface area contributed by atoms with Crippen LogP contribution < -0.4 is 0 Å². The SMILES string of the molecule is CCN(CC)CC(C)(C)COC(=O)c1ccc(-c2ccc(Cl)c(Cl)c2)o1.Cl. The van der Waals surface area contributed by atoms with E-state index >= 15 is 0 Å². The second-order valence-corrected chi connectivity index (χ2v) is 7.81. The molecule has 0 spiro atoms. The molecule has 7 heteroatoms. The predicted octanol–water partition coefficient (Wildman–Crippen LogP) is 6.20. The van der Waals surface area contributed by atoms with Crippen LogP contribution >= 0.6 is 35.6 Å². The zero-order chi connectivity index (χ0) is 19.3. The molecule has 0 N–H and O–H groups in total. The number of furan rings is 1. The summed E-state index contributed by atoms with van der Waals surface area (Å²) < 4.78 is 11.1. The number of rotatable bonds is 8. The van der Waals surface area contributed by atoms with Crippen LogP contribution in [-0.2, 0) is 4.74 Å². The molecule has 1 aromatic heterocycles. The van der Waals surface area contributed by atoms with Crippen molar-refractivity contribution in [2.75, 3.05) is 26.2 Å². The summed E-state index contributed by atoms with van der Waals surface area (Å²) in [6, 6.07) is 8.50. The average Bonchev–Trinajstić information content (AvgIpc) is 3.10. The first-order valence-corrected chi connectivity index (χ1v) is 9.46. The maximum Gasteiger partial charge on any atom is 0.374 e. The van der Waals surface area contributed by atoms with Gasteiger partial charge in [0.25, 0.3) is 0 Å². The lowest BCUT2D eigenvalue weighted by molar-refractivity contribution is 0.0243. The maximum absolute atomic E-state index is 12.3. The van der Waals surface area contributed by atoms with Gasteiger partial charge in [0.05, 0.1) is 16.7 Å². The molecule has 1 heterocycles. The third-order valence-corrected chi connectivity index (χ3v) is 4.89. The third-order valence-electron chi connectivity index (χ3n) is 4.15. The van der Waals surface area contributed by atoms with E-state index in [0.29, 0.717) is 22.4 Å². The van der Waals surface area contributed by atoms with E-state index in [2.05, 4.69) is 32.6 Å². The van der Waals surface area contributed by atoms with Gasteiger partial charge in [-0.2, -0.15) is 0 Å². The first-order chi connectivity index (χ1) is 12.3. The van der Waals surface area contributed by atoms with Crippen LogP contribution in [0, 0.1) is 5.41 Å². The Morgan fingerprint density at radius 1 is 1.11 bits per heavy atom. The van der Waals surface area contributed by atoms with Crippen LogP contribution in [0.3, 0.4) is 0 Å². The number of carbonyl (C=O) groups excluding carboxylic acids is 1. The van der Waals surface area contributed by atoms with Crippen molar-refractivity contribution in [3.8, 4) is 11.3 Å². The van der Waals surface area contributed by atoms with Gasteiger partial charge < -0.3 is 14.1 Å². The molecule has 0 unspecified atom stereocenters. The molecule has 2 rings (SSSR count). The molecule has 2 aromatic rings. The Balaban J connectivity index is 0.00000364. The number of halogens is 3. The monoisotopic (exact) mass is 433 g/mol. The topological polar surface area (TPSA) is 42.7 Å². The number of nitrogens with zero attached hydrogens (tertiary/aromatic N) is 1. The molecule has 0 fully saturated rings. The zero-order valence-electron chi connectivity index (χ0n) is 16.1. The molecule has 1 aromatic carbocycles. The molecule has 0 atom stereocenters. The molecular formula is C20H26Cl3NO3. The van der Waals surface area contributed by atoms with E-state index in [1.165, 1.54) is 0 Å². The Labute approximate surface area is 177 Å². The van der Waals surface area contributed by atoms with E-state index in [-0.39, 0.29) is 23.6 Å². The summed E-state index contributed by atoms with van der Waals surface area (Å²) in [7, 11) is 0. The fourth-order valence-corrected chi connectivity index (χ4v) is 2.98. The molecule has 0 saturated carbocycles. The molecule has 4 nitrogen and oxygen atoms in total. The fourth-order valence-electron chi connectivity index (χ4n) is 2.68. The molecule has 0 aliphatic carbocycles. The molecule has 0 saturated heterocycles. The second-order valence-electron chi connectivity index (χ2n) is 6.99. The van der Waals surface area contributed by atoms with Crippen molar-refractivity contribution < 1.29 is 13.9 Å². The Morgan fingerprint density at radius 2 is 1.78 bits per heavy atom. The van der Waals surface area contributed by atoms with Gasteiger partial charge in [0.15, 0.2) is 0 Å². The van der Waals surface area contributed by atoms with E-state index in [1.807, 2.05) is 0 Å². The summed E-state index contributed by atoms with van der Waals surface area (Å²) in [5, 5.41) is 0.903. The lowest BCUT2D eigenvalue weighted by Gasteiger charge is -2.30. The minimum atomic E-state index is -0.469. The number of hydrogen-bond donors (Lipinski definition) is 0. The van der Waals surface area contributed by atoms with Gasteiger partial charge in [0.1, 0.15) is 5.76 Å². The van der Waals surface area contributed by atoms with Crippen molar-refractivity contribution >= 4 is 41.6 Å². The highest BCUT2D eigenvalue weighted by Gasteiger charge is 2.24. The van der Waals surface area contributed by atoms with Gasteiger partial charge in [-0.15, -0.1) is 12.4 Å². The van der Waals surface area contributed by atoms with Crippen LogP contribution in [0.4, 0.5) is 0 Å². The second kappa shape index (κ2) is 10.4. The average molecular weight is 435 g/mol. The molecule has 0 aliphatic rings. The molecule has 150 valence electrons. The Morgan fingerprint density at radius 3 is 2.37 bits per heavy atom. The van der Waals surface area contributed by atoms with Gasteiger partial charge in [-0.25, -0.2) is 4.79 Å². The van der Waals surface area contributed by atoms with Crippen molar-refractivity contribution in [1.29, 1.82) is 0 Å². The first kappa shape index (κ1) is 23.8. The molecule has 0 radical (unpaired) electrons. The summed E-state index contributed by atoms with van der Waals surface area (Å²) in [5.74, 6) is 0.242. The quantitative estimate of drug-likeness (QED) is 0.464. The minimum absolute atomic E-state index is 0. The summed E-state index contributed by atoms with van der Waals surface area (Å²) in [6.45, 7) is 11.5. The Hall–Kier alpha value is -1.20. The van der Waals surface area contributed by atoms with Crippen LogP contribution in [0.15, 0.2) is 34.7 Å². The standard InChI is InChI=1S/C20H25Cl2NO3.ClH/c1-5-23(6-2)12-20(3,4)13-25-19(24)18-10-9-17(26-18)14-7-8-15(21)16(22)11-14;/h7-11H,5-6,12-13H2,1-4H3;1H. The highest BCUT2D eigenvalue weighted by atomic mass is 35.5. The van der Waals surface area contributed by atoms with E-state index in [4.69, 9.17) is 32.4 Å². The highest BCUT2D eigenvalue weighted by Crippen LogP contribution is 2.30. The van der Waals surface area contributed by atoms with E-state index in [0.717, 1.165) is 25.2 Å². The fraction of sp³-hybridized carbons (Fsp3) is 0.450. The largest absolute Gasteiger partial charge is 0.459 e.